The van der Waals surface area contributed by atoms with E-state index in [-0.39, 0.29) is 5.95 Å². The van der Waals surface area contributed by atoms with Crippen molar-refractivity contribution < 1.29 is 0 Å². The SMILES string of the molecule is CSCCNc1nc(N)nc2[nH]ncc12. The molecule has 0 amide bonds. The summed E-state index contributed by atoms with van der Waals surface area (Å²) in [6.07, 6.45) is 3.75. The van der Waals surface area contributed by atoms with Crippen LogP contribution >= 0.6 is 11.8 Å². The molecule has 0 aliphatic heterocycles. The minimum Gasteiger partial charge on any atom is -0.368 e. The number of nitrogens with zero attached hydrogens (tertiary/aromatic N) is 3. The highest BCUT2D eigenvalue weighted by Crippen LogP contribution is 2.18. The molecule has 0 saturated heterocycles. The lowest BCUT2D eigenvalue weighted by molar-refractivity contribution is 1.09. The Labute approximate surface area is 91.1 Å². The van der Waals surface area contributed by atoms with Gasteiger partial charge in [0.1, 0.15) is 5.82 Å². The molecular formula is C8H12N6S. The number of aromatic nitrogens is 4. The Hall–Kier alpha value is -1.50. The Morgan fingerprint density at radius 2 is 2.40 bits per heavy atom. The lowest BCUT2D eigenvalue weighted by atomic mass is 10.4. The molecule has 7 heteroatoms. The second-order valence-electron chi connectivity index (χ2n) is 2.98. The van der Waals surface area contributed by atoms with E-state index in [1.807, 2.05) is 0 Å². The van der Waals surface area contributed by atoms with Crippen LogP contribution in [0.4, 0.5) is 11.8 Å². The van der Waals surface area contributed by atoms with Gasteiger partial charge in [0.2, 0.25) is 5.95 Å². The maximum Gasteiger partial charge on any atom is 0.224 e. The van der Waals surface area contributed by atoms with E-state index in [0.29, 0.717) is 5.65 Å². The molecule has 0 saturated carbocycles. The van der Waals surface area contributed by atoms with Crippen LogP contribution in [-0.2, 0) is 0 Å². The number of thioether (sulfide) groups is 1. The molecular weight excluding hydrogens is 212 g/mol. The van der Waals surface area contributed by atoms with Crippen molar-refractivity contribution in [2.75, 3.05) is 29.6 Å². The van der Waals surface area contributed by atoms with Crippen LogP contribution in [0.1, 0.15) is 0 Å². The summed E-state index contributed by atoms with van der Waals surface area (Å²) in [4.78, 5) is 8.16. The monoisotopic (exact) mass is 224 g/mol. The second-order valence-corrected chi connectivity index (χ2v) is 3.97. The van der Waals surface area contributed by atoms with Crippen LogP contribution in [0.25, 0.3) is 11.0 Å². The van der Waals surface area contributed by atoms with Gasteiger partial charge in [-0.15, -0.1) is 0 Å². The quantitative estimate of drug-likeness (QED) is 0.662. The Balaban J connectivity index is 2.27. The van der Waals surface area contributed by atoms with E-state index < -0.39 is 0 Å². The van der Waals surface area contributed by atoms with Crippen LogP contribution in [0.15, 0.2) is 6.20 Å². The van der Waals surface area contributed by atoms with Crippen molar-refractivity contribution in [1.29, 1.82) is 0 Å². The molecule has 15 heavy (non-hydrogen) atoms. The fraction of sp³-hybridized carbons (Fsp3) is 0.375. The summed E-state index contributed by atoms with van der Waals surface area (Å²) in [6, 6.07) is 0. The van der Waals surface area contributed by atoms with Gasteiger partial charge in [0.15, 0.2) is 5.65 Å². The van der Waals surface area contributed by atoms with Crippen molar-refractivity contribution in [3.05, 3.63) is 6.20 Å². The average molecular weight is 224 g/mol. The van der Waals surface area contributed by atoms with Crippen molar-refractivity contribution in [1.82, 2.24) is 20.2 Å². The molecule has 80 valence electrons. The molecule has 2 heterocycles. The standard InChI is InChI=1S/C8H12N6S/c1-15-3-2-10-6-5-4-11-14-7(5)13-8(9)12-6/h4H,2-3H2,1H3,(H4,9,10,11,12,13,14). The number of aromatic amines is 1. The molecule has 2 rings (SSSR count). The van der Waals surface area contributed by atoms with E-state index in [4.69, 9.17) is 5.73 Å². The maximum atomic E-state index is 5.57. The van der Waals surface area contributed by atoms with Gasteiger partial charge in [-0.2, -0.15) is 26.8 Å². The van der Waals surface area contributed by atoms with Crippen molar-refractivity contribution in [3.8, 4) is 0 Å². The summed E-state index contributed by atoms with van der Waals surface area (Å²) in [7, 11) is 0. The highest BCUT2D eigenvalue weighted by Gasteiger charge is 2.06. The zero-order chi connectivity index (χ0) is 10.7. The number of nitrogens with one attached hydrogen (secondary N) is 2. The lowest BCUT2D eigenvalue weighted by Gasteiger charge is -2.05. The minimum absolute atomic E-state index is 0.249. The molecule has 0 aromatic carbocycles. The molecule has 6 nitrogen and oxygen atoms in total. The molecule has 4 N–H and O–H groups in total. The van der Waals surface area contributed by atoms with Gasteiger partial charge in [-0.05, 0) is 6.26 Å². The molecule has 0 unspecified atom stereocenters. The van der Waals surface area contributed by atoms with Gasteiger partial charge in [0, 0.05) is 12.3 Å². The second kappa shape index (κ2) is 4.35. The summed E-state index contributed by atoms with van der Waals surface area (Å²) in [6.45, 7) is 0.845. The predicted octanol–water partition coefficient (Wildman–Crippen LogP) is 0.710. The number of nitrogens with two attached hydrogens (primary N) is 1. The summed E-state index contributed by atoms with van der Waals surface area (Å²) in [5, 5.41) is 10.7. The Bertz CT molecular complexity index is 453. The third kappa shape index (κ3) is 2.12. The number of H-pyrrole nitrogens is 1. The third-order valence-corrected chi connectivity index (χ3v) is 2.54. The molecule has 0 fully saturated rings. The zero-order valence-electron chi connectivity index (χ0n) is 8.32. The van der Waals surface area contributed by atoms with Crippen molar-refractivity contribution in [2.24, 2.45) is 0 Å². The largest absolute Gasteiger partial charge is 0.368 e. The fourth-order valence-corrected chi connectivity index (χ4v) is 1.56. The van der Waals surface area contributed by atoms with Gasteiger partial charge < -0.3 is 11.1 Å². The number of rotatable bonds is 4. The van der Waals surface area contributed by atoms with E-state index >= 15 is 0 Å². The Morgan fingerprint density at radius 3 is 3.20 bits per heavy atom. The number of hydrogen-bond acceptors (Lipinski definition) is 6. The molecule has 0 bridgehead atoms. The average Bonchev–Trinajstić information content (AvgIpc) is 2.65. The molecule has 2 aromatic heterocycles. The van der Waals surface area contributed by atoms with Gasteiger partial charge >= 0.3 is 0 Å². The molecule has 0 atom stereocenters. The first-order valence-electron chi connectivity index (χ1n) is 4.50. The van der Waals surface area contributed by atoms with Crippen molar-refractivity contribution >= 4 is 34.6 Å². The highest BCUT2D eigenvalue weighted by molar-refractivity contribution is 7.98. The lowest BCUT2D eigenvalue weighted by Crippen LogP contribution is -2.07. The van der Waals surface area contributed by atoms with Gasteiger partial charge in [-0.1, -0.05) is 0 Å². The van der Waals surface area contributed by atoms with E-state index in [2.05, 4.69) is 31.7 Å². The molecule has 0 aliphatic rings. The minimum atomic E-state index is 0.249. The van der Waals surface area contributed by atoms with E-state index in [1.165, 1.54) is 0 Å². The first-order chi connectivity index (χ1) is 7.31. The molecule has 0 aliphatic carbocycles. The summed E-state index contributed by atoms with van der Waals surface area (Å²) < 4.78 is 0. The highest BCUT2D eigenvalue weighted by atomic mass is 32.2. The Morgan fingerprint density at radius 1 is 1.53 bits per heavy atom. The van der Waals surface area contributed by atoms with Crippen LogP contribution in [0.2, 0.25) is 0 Å². The molecule has 0 radical (unpaired) electrons. The van der Waals surface area contributed by atoms with Crippen LogP contribution in [0, 0.1) is 0 Å². The summed E-state index contributed by atoms with van der Waals surface area (Å²) >= 11 is 1.77. The van der Waals surface area contributed by atoms with E-state index in [0.717, 1.165) is 23.5 Å². The Kier molecular flexibility index (Phi) is 2.91. The van der Waals surface area contributed by atoms with Gasteiger partial charge in [0.25, 0.3) is 0 Å². The van der Waals surface area contributed by atoms with Gasteiger partial charge in [-0.3, -0.25) is 5.10 Å². The maximum absolute atomic E-state index is 5.57. The number of fused-ring (bicyclic) bond motifs is 1. The smallest absolute Gasteiger partial charge is 0.224 e. The van der Waals surface area contributed by atoms with E-state index in [1.54, 1.807) is 18.0 Å². The van der Waals surface area contributed by atoms with Gasteiger partial charge in [0.05, 0.1) is 11.6 Å². The predicted molar refractivity (Wildman–Crippen MR) is 63.0 cm³/mol. The van der Waals surface area contributed by atoms with Crippen molar-refractivity contribution in [3.63, 3.8) is 0 Å². The van der Waals surface area contributed by atoms with Gasteiger partial charge in [-0.25, -0.2) is 0 Å². The van der Waals surface area contributed by atoms with Crippen molar-refractivity contribution in [2.45, 2.75) is 0 Å². The van der Waals surface area contributed by atoms with Crippen LogP contribution in [-0.4, -0.2) is 38.7 Å². The summed E-state index contributed by atoms with van der Waals surface area (Å²) in [5.74, 6) is 2.00. The number of nitrogen functional groups attached to an aromatic ring is 1. The molecule has 2 aromatic rings. The first kappa shape index (κ1) is 10.0. The van der Waals surface area contributed by atoms with E-state index in [9.17, 15) is 0 Å². The number of anilines is 2. The van der Waals surface area contributed by atoms with Crippen LogP contribution in [0.5, 0.6) is 0 Å². The topological polar surface area (TPSA) is 92.5 Å². The molecule has 0 spiro atoms. The third-order valence-electron chi connectivity index (χ3n) is 1.93. The zero-order valence-corrected chi connectivity index (χ0v) is 9.14. The number of hydrogen-bond donors (Lipinski definition) is 3. The normalized spacial score (nSPS) is 10.7. The summed E-state index contributed by atoms with van der Waals surface area (Å²) in [5.41, 5.74) is 6.23. The van der Waals surface area contributed by atoms with Crippen LogP contribution in [0.3, 0.4) is 0 Å². The first-order valence-corrected chi connectivity index (χ1v) is 5.90. The van der Waals surface area contributed by atoms with Crippen LogP contribution < -0.4 is 11.1 Å². The fourth-order valence-electron chi connectivity index (χ4n) is 1.26.